The van der Waals surface area contributed by atoms with Gasteiger partial charge in [0.2, 0.25) is 11.9 Å². The summed E-state index contributed by atoms with van der Waals surface area (Å²) >= 11 is 0. The van der Waals surface area contributed by atoms with Gasteiger partial charge in [0.25, 0.3) is 5.91 Å². The van der Waals surface area contributed by atoms with E-state index in [1.54, 1.807) is 43.5 Å². The number of allylic oxidation sites excluding steroid dienone is 1. The van der Waals surface area contributed by atoms with Gasteiger partial charge < -0.3 is 30.1 Å². The van der Waals surface area contributed by atoms with Gasteiger partial charge in [-0.15, -0.1) is 6.58 Å². The van der Waals surface area contributed by atoms with Crippen LogP contribution in [0.15, 0.2) is 37.1 Å². The summed E-state index contributed by atoms with van der Waals surface area (Å²) in [6.07, 6.45) is 8.67. The van der Waals surface area contributed by atoms with Crippen molar-refractivity contribution in [3.63, 3.8) is 0 Å². The van der Waals surface area contributed by atoms with Crippen LogP contribution in [-0.4, -0.2) is 79.6 Å². The first kappa shape index (κ1) is 26.0. The van der Waals surface area contributed by atoms with E-state index in [-0.39, 0.29) is 23.8 Å². The normalized spacial score (nSPS) is 20.5. The highest BCUT2D eigenvalue weighted by molar-refractivity contribution is 5.99. The molecule has 1 saturated heterocycles. The standard InChI is InChI=1S/C28H37N7O3/c1-5-8-19-15-35(21-9-6-7-10-21)25-23(34(3)27(19)37)14-29-28(32-25)31-22-12-11-18(13-24(22)38-4)26(36)30-20-16-33(2)17-20/h5,11-14,19-21H,1,6-10,15-17H2,2-4H3,(H,30,36)(H,29,31,32)/t19-/m0/s1. The lowest BCUT2D eigenvalue weighted by molar-refractivity contribution is -0.121. The first-order valence-electron chi connectivity index (χ1n) is 13.3. The predicted molar refractivity (Wildman–Crippen MR) is 148 cm³/mol. The molecule has 0 unspecified atom stereocenters. The number of ether oxygens (including phenoxy) is 1. The van der Waals surface area contributed by atoms with Gasteiger partial charge in [-0.25, -0.2) is 4.98 Å². The smallest absolute Gasteiger partial charge is 0.251 e. The van der Waals surface area contributed by atoms with Crippen LogP contribution < -0.4 is 25.2 Å². The number of anilines is 4. The number of carbonyl (C=O) groups is 2. The first-order chi connectivity index (χ1) is 18.4. The predicted octanol–water partition coefficient (Wildman–Crippen LogP) is 3.19. The summed E-state index contributed by atoms with van der Waals surface area (Å²) in [6, 6.07) is 5.80. The highest BCUT2D eigenvalue weighted by atomic mass is 16.5. The van der Waals surface area contributed by atoms with E-state index < -0.39 is 0 Å². The van der Waals surface area contributed by atoms with E-state index in [1.165, 1.54) is 12.8 Å². The lowest BCUT2D eigenvalue weighted by atomic mass is 10.0. The Balaban J connectivity index is 1.41. The number of amides is 2. The van der Waals surface area contributed by atoms with Gasteiger partial charge in [-0.05, 0) is 44.5 Å². The van der Waals surface area contributed by atoms with Crippen molar-refractivity contribution >= 4 is 35.0 Å². The first-order valence-corrected chi connectivity index (χ1v) is 13.3. The Bertz CT molecular complexity index is 1210. The van der Waals surface area contributed by atoms with Crippen molar-refractivity contribution in [2.24, 2.45) is 5.92 Å². The van der Waals surface area contributed by atoms with Gasteiger partial charge in [0.05, 0.1) is 31.0 Å². The van der Waals surface area contributed by atoms with E-state index in [2.05, 4.69) is 32.0 Å². The van der Waals surface area contributed by atoms with Crippen LogP contribution in [0, 0.1) is 5.92 Å². The van der Waals surface area contributed by atoms with Gasteiger partial charge in [0, 0.05) is 38.3 Å². The third kappa shape index (κ3) is 5.18. The maximum Gasteiger partial charge on any atom is 0.251 e. The van der Waals surface area contributed by atoms with Crippen molar-refractivity contribution in [3.05, 3.63) is 42.6 Å². The second kappa shape index (κ2) is 11.0. The number of rotatable bonds is 8. The molecule has 1 atom stereocenters. The van der Waals surface area contributed by atoms with Crippen LogP contribution in [-0.2, 0) is 4.79 Å². The highest BCUT2D eigenvalue weighted by Crippen LogP contribution is 2.38. The Morgan fingerprint density at radius 3 is 2.66 bits per heavy atom. The molecule has 202 valence electrons. The Morgan fingerprint density at radius 1 is 1.21 bits per heavy atom. The number of hydrogen-bond acceptors (Lipinski definition) is 8. The van der Waals surface area contributed by atoms with Gasteiger partial charge >= 0.3 is 0 Å². The minimum atomic E-state index is -0.178. The molecule has 3 heterocycles. The summed E-state index contributed by atoms with van der Waals surface area (Å²) < 4.78 is 5.60. The topological polar surface area (TPSA) is 103 Å². The van der Waals surface area contributed by atoms with Crippen molar-refractivity contribution < 1.29 is 14.3 Å². The molecular weight excluding hydrogens is 482 g/mol. The average molecular weight is 520 g/mol. The van der Waals surface area contributed by atoms with Crippen LogP contribution in [0.25, 0.3) is 0 Å². The van der Waals surface area contributed by atoms with Gasteiger partial charge in [0.1, 0.15) is 11.4 Å². The number of benzene rings is 1. The third-order valence-electron chi connectivity index (χ3n) is 7.81. The summed E-state index contributed by atoms with van der Waals surface area (Å²) in [5.41, 5.74) is 1.90. The molecule has 2 N–H and O–H groups in total. The monoisotopic (exact) mass is 519 g/mol. The molecule has 10 heteroatoms. The molecule has 10 nitrogen and oxygen atoms in total. The molecule has 0 spiro atoms. The van der Waals surface area contributed by atoms with Crippen LogP contribution in [0.1, 0.15) is 42.5 Å². The van der Waals surface area contributed by atoms with Gasteiger partial charge in [0.15, 0.2) is 5.82 Å². The molecule has 5 rings (SSSR count). The quantitative estimate of drug-likeness (QED) is 0.513. The fraction of sp³-hybridized carbons (Fsp3) is 0.500. The summed E-state index contributed by atoms with van der Waals surface area (Å²) in [7, 11) is 5.39. The molecule has 3 aliphatic rings. The Morgan fingerprint density at radius 2 is 1.97 bits per heavy atom. The van der Waals surface area contributed by atoms with Crippen LogP contribution in [0.5, 0.6) is 5.75 Å². The second-order valence-corrected chi connectivity index (χ2v) is 10.5. The fourth-order valence-electron chi connectivity index (χ4n) is 5.70. The molecule has 2 aromatic rings. The van der Waals surface area contributed by atoms with Gasteiger partial charge in [-0.1, -0.05) is 18.9 Å². The molecule has 2 amide bonds. The van der Waals surface area contributed by atoms with Gasteiger partial charge in [-0.2, -0.15) is 4.98 Å². The van der Waals surface area contributed by atoms with Crippen LogP contribution in [0.2, 0.25) is 0 Å². The summed E-state index contributed by atoms with van der Waals surface area (Å²) in [6.45, 7) is 6.18. The lowest BCUT2D eigenvalue weighted by Crippen LogP contribution is -2.57. The number of methoxy groups -OCH3 is 1. The molecule has 0 radical (unpaired) electrons. The fourth-order valence-corrected chi connectivity index (χ4v) is 5.70. The molecule has 2 aliphatic heterocycles. The highest BCUT2D eigenvalue weighted by Gasteiger charge is 2.36. The molecule has 1 aromatic heterocycles. The molecule has 1 aliphatic carbocycles. The van der Waals surface area contributed by atoms with Crippen molar-refractivity contribution in [3.8, 4) is 5.75 Å². The van der Waals surface area contributed by atoms with Crippen molar-refractivity contribution in [2.75, 3.05) is 56.0 Å². The minimum absolute atomic E-state index is 0.0556. The van der Waals surface area contributed by atoms with Crippen molar-refractivity contribution in [1.82, 2.24) is 20.2 Å². The maximum atomic E-state index is 13.2. The van der Waals surface area contributed by atoms with Gasteiger partial charge in [-0.3, -0.25) is 9.59 Å². The minimum Gasteiger partial charge on any atom is -0.495 e. The van der Waals surface area contributed by atoms with Crippen LogP contribution in [0.4, 0.5) is 23.1 Å². The molecule has 0 bridgehead atoms. The molecule has 1 saturated carbocycles. The molecule has 2 fully saturated rings. The number of nitrogens with one attached hydrogen (secondary N) is 2. The van der Waals surface area contributed by atoms with E-state index in [9.17, 15) is 9.59 Å². The Labute approximate surface area is 224 Å². The van der Waals surface area contributed by atoms with E-state index in [4.69, 9.17) is 9.72 Å². The Hall–Kier alpha value is -3.66. The average Bonchev–Trinajstić information content (AvgIpc) is 3.41. The zero-order valence-corrected chi connectivity index (χ0v) is 22.4. The molecule has 38 heavy (non-hydrogen) atoms. The summed E-state index contributed by atoms with van der Waals surface area (Å²) in [5, 5.41) is 6.32. The number of carbonyl (C=O) groups excluding carboxylic acids is 2. The second-order valence-electron chi connectivity index (χ2n) is 10.5. The molecular formula is C28H37N7O3. The van der Waals surface area contributed by atoms with E-state index >= 15 is 0 Å². The van der Waals surface area contributed by atoms with Crippen LogP contribution >= 0.6 is 0 Å². The summed E-state index contributed by atoms with van der Waals surface area (Å²) in [5.74, 6) is 1.44. The lowest BCUT2D eigenvalue weighted by Gasteiger charge is -2.36. The van der Waals surface area contributed by atoms with E-state index in [0.717, 1.165) is 31.7 Å². The van der Waals surface area contributed by atoms with Crippen molar-refractivity contribution in [1.29, 1.82) is 0 Å². The van der Waals surface area contributed by atoms with Crippen molar-refractivity contribution in [2.45, 2.75) is 44.2 Å². The third-order valence-corrected chi connectivity index (χ3v) is 7.81. The largest absolute Gasteiger partial charge is 0.495 e. The SMILES string of the molecule is C=CC[C@H]1CN(C2CCCC2)c2nc(Nc3ccc(C(=O)NC4CN(C)C4)cc3OC)ncc2N(C)C1=O. The van der Waals surface area contributed by atoms with Crippen LogP contribution in [0.3, 0.4) is 0 Å². The zero-order valence-electron chi connectivity index (χ0n) is 22.4. The van der Waals surface area contributed by atoms with E-state index in [1.807, 2.05) is 13.1 Å². The Kier molecular flexibility index (Phi) is 7.51. The zero-order chi connectivity index (χ0) is 26.8. The number of hydrogen-bond donors (Lipinski definition) is 2. The van der Waals surface area contributed by atoms with E-state index in [0.29, 0.717) is 47.6 Å². The number of likely N-dealkylation sites (N-methyl/N-ethyl adjacent to an activating group) is 1. The summed E-state index contributed by atoms with van der Waals surface area (Å²) in [4.78, 5) is 41.5. The number of likely N-dealkylation sites (tertiary alicyclic amines) is 1. The number of nitrogens with zero attached hydrogens (tertiary/aromatic N) is 5. The molecule has 1 aromatic carbocycles. The number of fused-ring (bicyclic) bond motifs is 1. The number of aromatic nitrogens is 2. The maximum absolute atomic E-state index is 13.2.